The summed E-state index contributed by atoms with van der Waals surface area (Å²) in [5, 5.41) is 2.69. The predicted molar refractivity (Wildman–Crippen MR) is 72.0 cm³/mol. The Morgan fingerprint density at radius 3 is 2.78 bits per heavy atom. The quantitative estimate of drug-likeness (QED) is 0.797. The monoisotopic (exact) mass is 311 g/mol. The zero-order valence-corrected chi connectivity index (χ0v) is 11.1. The third-order valence-corrected chi connectivity index (χ3v) is 3.07. The largest absolute Gasteiger partial charge is 0.397 e. The number of carbonyl (C=O) groups excluding carboxylic acids is 1. The predicted octanol–water partition coefficient (Wildman–Crippen LogP) is 3.06. The minimum absolute atomic E-state index is 0.300. The smallest absolute Gasteiger partial charge is 0.272 e. The van der Waals surface area contributed by atoms with E-state index in [1.54, 1.807) is 6.92 Å². The molecular formula is C12H11BrFN3O. The van der Waals surface area contributed by atoms with Gasteiger partial charge in [0.2, 0.25) is 0 Å². The van der Waals surface area contributed by atoms with E-state index in [9.17, 15) is 9.18 Å². The van der Waals surface area contributed by atoms with E-state index in [0.717, 1.165) is 0 Å². The van der Waals surface area contributed by atoms with Crippen molar-refractivity contribution in [3.63, 3.8) is 0 Å². The number of rotatable bonds is 2. The van der Waals surface area contributed by atoms with E-state index >= 15 is 0 Å². The third-order valence-electron chi connectivity index (χ3n) is 2.47. The Hall–Kier alpha value is -1.82. The molecule has 4 N–H and O–H groups in total. The fourth-order valence-electron chi connectivity index (χ4n) is 1.51. The maximum Gasteiger partial charge on any atom is 0.272 e. The van der Waals surface area contributed by atoms with Crippen molar-refractivity contribution < 1.29 is 9.18 Å². The molecule has 0 aliphatic heterocycles. The zero-order valence-electron chi connectivity index (χ0n) is 9.55. The number of amides is 1. The molecule has 0 aliphatic carbocycles. The summed E-state index contributed by atoms with van der Waals surface area (Å²) in [5.41, 5.74) is 7.54. The van der Waals surface area contributed by atoms with Gasteiger partial charge in [-0.15, -0.1) is 0 Å². The Labute approximate surface area is 112 Å². The number of nitrogens with two attached hydrogens (primary N) is 1. The lowest BCUT2D eigenvalue weighted by Crippen LogP contribution is -2.13. The molecule has 4 nitrogen and oxygen atoms in total. The fraction of sp³-hybridized carbons (Fsp3) is 0.0833. The van der Waals surface area contributed by atoms with Crippen LogP contribution in [0.15, 0.2) is 28.9 Å². The Kier molecular flexibility index (Phi) is 3.38. The molecular weight excluding hydrogens is 301 g/mol. The van der Waals surface area contributed by atoms with Gasteiger partial charge in [-0.25, -0.2) is 4.39 Å². The molecule has 1 amide bonds. The summed E-state index contributed by atoms with van der Waals surface area (Å²) in [6, 6.07) is 4.40. The molecule has 0 aliphatic rings. The number of halogens is 2. The molecule has 2 aromatic rings. The van der Waals surface area contributed by atoms with E-state index < -0.39 is 0 Å². The molecule has 1 heterocycles. The van der Waals surface area contributed by atoms with Crippen LogP contribution in [-0.4, -0.2) is 10.9 Å². The highest BCUT2D eigenvalue weighted by atomic mass is 79.9. The maximum absolute atomic E-state index is 13.2. The van der Waals surface area contributed by atoms with E-state index in [4.69, 9.17) is 5.73 Å². The first-order chi connectivity index (χ1) is 8.47. The molecule has 1 aromatic heterocycles. The molecule has 0 radical (unpaired) electrons. The van der Waals surface area contributed by atoms with Gasteiger partial charge in [-0.2, -0.15) is 0 Å². The molecule has 2 rings (SSSR count). The van der Waals surface area contributed by atoms with Gasteiger partial charge in [0.05, 0.1) is 4.47 Å². The number of hydrogen-bond acceptors (Lipinski definition) is 2. The lowest BCUT2D eigenvalue weighted by Gasteiger charge is -2.08. The van der Waals surface area contributed by atoms with E-state index in [1.807, 2.05) is 0 Å². The van der Waals surface area contributed by atoms with Crippen LogP contribution in [0.2, 0.25) is 0 Å². The van der Waals surface area contributed by atoms with Crippen LogP contribution in [0.5, 0.6) is 0 Å². The summed E-state index contributed by atoms with van der Waals surface area (Å²) in [7, 11) is 0. The lowest BCUT2D eigenvalue weighted by atomic mass is 10.2. The SMILES string of the molecule is Cc1cc(F)c(Br)cc1NC(=O)c1cc(N)c[nH]1. The summed E-state index contributed by atoms with van der Waals surface area (Å²) in [6.07, 6.45) is 1.53. The van der Waals surface area contributed by atoms with Gasteiger partial charge >= 0.3 is 0 Å². The standard InChI is InChI=1S/C12H11BrFN3O/c1-6-2-9(14)8(13)4-10(6)17-12(18)11-3-7(15)5-16-11/h2-5,16H,15H2,1H3,(H,17,18). The van der Waals surface area contributed by atoms with Crippen LogP contribution < -0.4 is 11.1 Å². The molecule has 0 saturated carbocycles. The summed E-state index contributed by atoms with van der Waals surface area (Å²) in [6.45, 7) is 1.72. The number of carbonyl (C=O) groups is 1. The maximum atomic E-state index is 13.2. The van der Waals surface area contributed by atoms with Gasteiger partial charge in [-0.1, -0.05) is 0 Å². The molecule has 0 spiro atoms. The highest BCUT2D eigenvalue weighted by Gasteiger charge is 2.11. The highest BCUT2D eigenvalue weighted by Crippen LogP contribution is 2.24. The Bertz CT molecular complexity index is 609. The first-order valence-electron chi connectivity index (χ1n) is 5.18. The molecule has 94 valence electrons. The minimum atomic E-state index is -0.366. The summed E-state index contributed by atoms with van der Waals surface area (Å²) >= 11 is 3.08. The van der Waals surface area contributed by atoms with Crippen molar-refractivity contribution in [2.75, 3.05) is 11.1 Å². The number of H-pyrrole nitrogens is 1. The average molecular weight is 312 g/mol. The van der Waals surface area contributed by atoms with Crippen LogP contribution in [0.1, 0.15) is 16.1 Å². The molecule has 0 fully saturated rings. The number of hydrogen-bond donors (Lipinski definition) is 3. The van der Waals surface area contributed by atoms with E-state index in [0.29, 0.717) is 27.1 Å². The van der Waals surface area contributed by atoms with Gasteiger partial charge in [0.15, 0.2) is 0 Å². The van der Waals surface area contributed by atoms with Crippen LogP contribution in [0.25, 0.3) is 0 Å². The number of benzene rings is 1. The Morgan fingerprint density at radius 1 is 1.44 bits per heavy atom. The molecule has 18 heavy (non-hydrogen) atoms. The van der Waals surface area contributed by atoms with Crippen LogP contribution >= 0.6 is 15.9 Å². The third kappa shape index (κ3) is 2.53. The topological polar surface area (TPSA) is 70.9 Å². The van der Waals surface area contributed by atoms with Crippen molar-refractivity contribution in [2.45, 2.75) is 6.92 Å². The van der Waals surface area contributed by atoms with E-state index in [1.165, 1.54) is 24.4 Å². The Morgan fingerprint density at radius 2 is 2.17 bits per heavy atom. The van der Waals surface area contributed by atoms with Crippen molar-refractivity contribution in [3.8, 4) is 0 Å². The van der Waals surface area contributed by atoms with E-state index in [2.05, 4.69) is 26.2 Å². The average Bonchev–Trinajstić information content (AvgIpc) is 2.73. The number of aromatic amines is 1. The van der Waals surface area contributed by atoms with Gasteiger partial charge in [0, 0.05) is 17.6 Å². The number of anilines is 2. The van der Waals surface area contributed by atoms with Gasteiger partial charge in [0.25, 0.3) is 5.91 Å². The number of aromatic nitrogens is 1. The fourth-order valence-corrected chi connectivity index (χ4v) is 1.86. The van der Waals surface area contributed by atoms with Gasteiger partial charge in [-0.3, -0.25) is 4.79 Å². The van der Waals surface area contributed by atoms with Crippen LogP contribution in [0.3, 0.4) is 0 Å². The first-order valence-corrected chi connectivity index (χ1v) is 5.97. The highest BCUT2D eigenvalue weighted by molar-refractivity contribution is 9.10. The van der Waals surface area contributed by atoms with Crippen LogP contribution in [-0.2, 0) is 0 Å². The van der Waals surface area contributed by atoms with Crippen molar-refractivity contribution in [3.05, 3.63) is 45.9 Å². The van der Waals surface area contributed by atoms with E-state index in [-0.39, 0.29) is 11.7 Å². The first kappa shape index (κ1) is 12.6. The number of nitrogens with one attached hydrogen (secondary N) is 2. The molecule has 1 aromatic carbocycles. The summed E-state index contributed by atoms with van der Waals surface area (Å²) < 4.78 is 13.5. The molecule has 0 bridgehead atoms. The second-order valence-corrected chi connectivity index (χ2v) is 4.74. The van der Waals surface area contributed by atoms with Gasteiger partial charge in [-0.05, 0) is 46.6 Å². The molecule has 6 heteroatoms. The normalized spacial score (nSPS) is 10.4. The second kappa shape index (κ2) is 4.81. The van der Waals surface area contributed by atoms with Gasteiger partial charge < -0.3 is 16.0 Å². The van der Waals surface area contributed by atoms with Crippen molar-refractivity contribution in [1.82, 2.24) is 4.98 Å². The second-order valence-electron chi connectivity index (χ2n) is 3.88. The number of nitrogen functional groups attached to an aromatic ring is 1. The Balaban J connectivity index is 2.24. The van der Waals surface area contributed by atoms with Gasteiger partial charge in [0.1, 0.15) is 11.5 Å². The molecule has 0 saturated heterocycles. The number of aryl methyl sites for hydroxylation is 1. The summed E-state index contributed by atoms with van der Waals surface area (Å²) in [4.78, 5) is 14.6. The van der Waals surface area contributed by atoms with Crippen LogP contribution in [0.4, 0.5) is 15.8 Å². The minimum Gasteiger partial charge on any atom is -0.397 e. The molecule has 0 unspecified atom stereocenters. The van der Waals surface area contributed by atoms with Crippen molar-refractivity contribution in [2.24, 2.45) is 0 Å². The van der Waals surface area contributed by atoms with Crippen LogP contribution in [0, 0.1) is 12.7 Å². The zero-order chi connectivity index (χ0) is 13.3. The lowest BCUT2D eigenvalue weighted by molar-refractivity contribution is 0.102. The van der Waals surface area contributed by atoms with Crippen molar-refractivity contribution >= 4 is 33.2 Å². The summed E-state index contributed by atoms with van der Waals surface area (Å²) in [5.74, 6) is -0.692. The molecule has 0 atom stereocenters. The van der Waals surface area contributed by atoms with Crippen molar-refractivity contribution in [1.29, 1.82) is 0 Å².